The lowest BCUT2D eigenvalue weighted by molar-refractivity contribution is -0.268. The fourth-order valence-electron chi connectivity index (χ4n) is 1.59. The van der Waals surface area contributed by atoms with Crippen LogP contribution in [0.15, 0.2) is 41.8 Å². The van der Waals surface area contributed by atoms with Crippen molar-refractivity contribution in [2.75, 3.05) is 4.90 Å². The Kier molecular flexibility index (Phi) is 3.01. The Morgan fingerprint density at radius 3 is 2.65 bits per heavy atom. The van der Waals surface area contributed by atoms with E-state index in [4.69, 9.17) is 0 Å². The van der Waals surface area contributed by atoms with Crippen LogP contribution >= 0.6 is 10.5 Å². The number of amides is 1. The summed E-state index contributed by atoms with van der Waals surface area (Å²) >= 11 is 0. The molecule has 0 aliphatic heterocycles. The van der Waals surface area contributed by atoms with Crippen LogP contribution in [0.2, 0.25) is 0 Å². The van der Waals surface area contributed by atoms with Crippen LogP contribution in [0.4, 0.5) is 15.5 Å². The molecule has 1 unspecified atom stereocenters. The number of carbonyl (C=O) groups is 1. The largest absolute Gasteiger partial charge is 0.872 e. The number of hydrogen-bond acceptors (Lipinski definition) is 2. The number of rotatable bonds is 2. The zero-order valence-electron chi connectivity index (χ0n) is 9.16. The predicted octanol–water partition coefficient (Wildman–Crippen LogP) is 2.86. The summed E-state index contributed by atoms with van der Waals surface area (Å²) in [5.74, 6) is -0.198. The molecule has 0 aliphatic rings. The first-order valence-corrected chi connectivity index (χ1v) is 6.62. The van der Waals surface area contributed by atoms with Crippen LogP contribution < -0.4 is 10.0 Å². The van der Waals surface area contributed by atoms with Gasteiger partial charge in [0.15, 0.2) is 0 Å². The third kappa shape index (κ3) is 2.24. The molecule has 0 spiro atoms. The number of carboxylic acid groups (broad SMARTS) is 1. The van der Waals surface area contributed by atoms with Gasteiger partial charge in [-0.3, -0.25) is 0 Å². The second-order valence-corrected chi connectivity index (χ2v) is 5.31. The average Bonchev–Trinajstić information content (AvgIpc) is 2.65. The molecule has 0 aliphatic carbocycles. The van der Waals surface area contributed by atoms with Crippen molar-refractivity contribution in [3.05, 3.63) is 41.8 Å². The third-order valence-corrected chi connectivity index (χ3v) is 3.88. The molecule has 17 heavy (non-hydrogen) atoms. The Morgan fingerprint density at radius 2 is 2.12 bits per heavy atom. The fourth-order valence-corrected chi connectivity index (χ4v) is 2.81. The van der Waals surface area contributed by atoms with Gasteiger partial charge in [0.1, 0.15) is 11.6 Å². The molecule has 1 heterocycles. The summed E-state index contributed by atoms with van der Waals surface area (Å²) < 4.78 is 0. The lowest BCUT2D eigenvalue weighted by Gasteiger charge is -2.16. The Labute approximate surface area is 101 Å². The van der Waals surface area contributed by atoms with Crippen molar-refractivity contribution < 1.29 is 15.0 Å². The number of anilines is 2. The summed E-state index contributed by atoms with van der Waals surface area (Å²) in [6.45, 7) is 0. The van der Waals surface area contributed by atoms with E-state index in [0.717, 1.165) is 4.90 Å². The van der Waals surface area contributed by atoms with Crippen molar-refractivity contribution in [3.8, 4) is 5.75 Å². The average molecular weight is 249 g/mol. The van der Waals surface area contributed by atoms with Crippen molar-refractivity contribution in [1.29, 1.82) is 0 Å². The van der Waals surface area contributed by atoms with Crippen molar-refractivity contribution in [2.45, 2.75) is 0 Å². The van der Waals surface area contributed by atoms with E-state index in [9.17, 15) is 15.0 Å². The maximum Gasteiger partial charge on any atom is 0.420 e. The Bertz CT molecular complexity index is 550. The molecule has 4 nitrogen and oxygen atoms in total. The van der Waals surface area contributed by atoms with Crippen LogP contribution in [-0.2, 0) is 6.26 Å². The number of thiophene rings is 1. The third-order valence-electron chi connectivity index (χ3n) is 2.34. The van der Waals surface area contributed by atoms with Gasteiger partial charge >= 0.3 is 6.09 Å². The van der Waals surface area contributed by atoms with E-state index in [1.54, 1.807) is 18.2 Å². The smallest absolute Gasteiger partial charge is 0.420 e. The van der Waals surface area contributed by atoms with E-state index in [-0.39, 0.29) is 16.2 Å². The van der Waals surface area contributed by atoms with Crippen molar-refractivity contribution in [1.82, 2.24) is 0 Å². The molecule has 0 saturated heterocycles. The van der Waals surface area contributed by atoms with E-state index >= 15 is 0 Å². The van der Waals surface area contributed by atoms with E-state index < -0.39 is 6.09 Å². The highest BCUT2D eigenvalue weighted by Gasteiger charge is 2.24. The molecular formula is C12H11NO3S. The summed E-state index contributed by atoms with van der Waals surface area (Å²) in [7, 11) is -0.245. The maximum absolute atomic E-state index is 11.3. The molecule has 1 N–H and O–H groups in total. The van der Waals surface area contributed by atoms with Crippen LogP contribution in [0.25, 0.3) is 0 Å². The second kappa shape index (κ2) is 4.47. The fraction of sp³-hybridized carbons (Fsp3) is 0.0833. The van der Waals surface area contributed by atoms with Gasteiger partial charge in [-0.05, 0) is 28.7 Å². The molecule has 5 heteroatoms. The molecule has 0 saturated carbocycles. The summed E-state index contributed by atoms with van der Waals surface area (Å²) in [5.41, 5.74) is 0.388. The Hall–Kier alpha value is -2.01. The minimum atomic E-state index is -1.08. The van der Waals surface area contributed by atoms with Crippen LogP contribution in [0.1, 0.15) is 0 Å². The van der Waals surface area contributed by atoms with Gasteiger partial charge in [0, 0.05) is 6.07 Å². The van der Waals surface area contributed by atoms with E-state index in [0.29, 0.717) is 10.7 Å². The van der Waals surface area contributed by atoms with Crippen molar-refractivity contribution in [2.24, 2.45) is 6.26 Å². The van der Waals surface area contributed by atoms with Crippen LogP contribution in [0.5, 0.6) is 5.75 Å². The summed E-state index contributed by atoms with van der Waals surface area (Å²) in [4.78, 5) is 12.5. The summed E-state index contributed by atoms with van der Waals surface area (Å²) in [5, 5.41) is 23.1. The number of benzene rings is 1. The van der Waals surface area contributed by atoms with Crippen molar-refractivity contribution in [3.63, 3.8) is 0 Å². The molecular weight excluding hydrogens is 238 g/mol. The minimum absolute atomic E-state index is 0.198. The van der Waals surface area contributed by atoms with Crippen LogP contribution in [0, 0.1) is 0 Å². The SMILES string of the molecule is C[s+]1cccc1N(C(=O)O)c1cccc([O-])c1. The molecule has 0 bridgehead atoms. The normalized spacial score (nSPS) is 11.2. The number of hydrogen-bond donors (Lipinski definition) is 1. The highest BCUT2D eigenvalue weighted by Crippen LogP contribution is 2.36. The van der Waals surface area contributed by atoms with Crippen LogP contribution in [0.3, 0.4) is 0 Å². The van der Waals surface area contributed by atoms with Gasteiger partial charge < -0.3 is 10.2 Å². The lowest BCUT2D eigenvalue weighted by Crippen LogP contribution is -2.23. The molecule has 1 amide bonds. The Balaban J connectivity index is 2.50. The van der Waals surface area contributed by atoms with Gasteiger partial charge in [0.2, 0.25) is 0 Å². The highest BCUT2D eigenvalue weighted by atomic mass is 32.2. The second-order valence-electron chi connectivity index (χ2n) is 3.51. The molecule has 88 valence electrons. The molecule has 1 atom stereocenters. The highest BCUT2D eigenvalue weighted by molar-refractivity contribution is 7.31. The summed E-state index contributed by atoms with van der Waals surface area (Å²) in [6, 6.07) is 9.49. The zero-order chi connectivity index (χ0) is 12.4. The van der Waals surface area contributed by atoms with Gasteiger partial charge in [-0.15, -0.1) is 5.75 Å². The van der Waals surface area contributed by atoms with Gasteiger partial charge in [0.05, 0.1) is 5.69 Å². The molecule has 2 aromatic rings. The lowest BCUT2D eigenvalue weighted by atomic mass is 10.3. The standard InChI is InChI=1S/C12H11NO3S/c1-17-7-3-6-11(17)13(12(15)16)9-4-2-5-10(14)8-9/h2-8H,1H3,(H-,14,15,16). The van der Waals surface area contributed by atoms with Crippen LogP contribution in [-0.4, -0.2) is 11.2 Å². The van der Waals surface area contributed by atoms with E-state index in [1.165, 1.54) is 12.1 Å². The van der Waals surface area contributed by atoms with Gasteiger partial charge in [-0.2, -0.15) is 0 Å². The van der Waals surface area contributed by atoms with Gasteiger partial charge in [-0.25, -0.2) is 9.69 Å². The van der Waals surface area contributed by atoms with E-state index in [2.05, 4.69) is 0 Å². The maximum atomic E-state index is 11.3. The molecule has 1 aromatic carbocycles. The first-order chi connectivity index (χ1) is 8.09. The molecule has 2 rings (SSSR count). The molecule has 0 fully saturated rings. The minimum Gasteiger partial charge on any atom is -0.872 e. The zero-order valence-corrected chi connectivity index (χ0v) is 9.98. The first kappa shape index (κ1) is 11.5. The molecule has 0 radical (unpaired) electrons. The number of aryl methyl sites for hydroxylation is 1. The van der Waals surface area contributed by atoms with E-state index in [1.807, 2.05) is 17.7 Å². The number of nitrogens with zero attached hydrogens (tertiary/aromatic N) is 1. The Morgan fingerprint density at radius 1 is 1.35 bits per heavy atom. The summed E-state index contributed by atoms with van der Waals surface area (Å²) in [6.07, 6.45) is 0.858. The predicted molar refractivity (Wildman–Crippen MR) is 66.0 cm³/mol. The quantitative estimate of drug-likeness (QED) is 0.832. The van der Waals surface area contributed by atoms with Crippen molar-refractivity contribution >= 4 is 27.3 Å². The molecule has 1 aromatic heterocycles. The first-order valence-electron chi connectivity index (χ1n) is 4.93. The van der Waals surface area contributed by atoms with Gasteiger partial charge in [0.25, 0.3) is 5.00 Å². The van der Waals surface area contributed by atoms with Gasteiger partial charge in [-0.1, -0.05) is 12.1 Å². The topological polar surface area (TPSA) is 63.6 Å². The monoisotopic (exact) mass is 249 g/mol.